The Bertz CT molecular complexity index is 673. The third-order valence-electron chi connectivity index (χ3n) is 3.86. The molecule has 5 nitrogen and oxygen atoms in total. The Kier molecular flexibility index (Phi) is 11.5. The predicted molar refractivity (Wildman–Crippen MR) is 122 cm³/mol. The summed E-state index contributed by atoms with van der Waals surface area (Å²) >= 11 is 0. The van der Waals surface area contributed by atoms with E-state index in [0.717, 1.165) is 18.3 Å². The Morgan fingerprint density at radius 3 is 2.26 bits per heavy atom. The number of halogens is 1. The topological polar surface area (TPSA) is 54.9 Å². The Labute approximate surface area is 179 Å². The molecule has 0 saturated heterocycles. The van der Waals surface area contributed by atoms with Crippen molar-refractivity contribution >= 4 is 29.9 Å². The van der Waals surface area contributed by atoms with E-state index < -0.39 is 0 Å². The maximum absolute atomic E-state index is 5.71. The lowest BCUT2D eigenvalue weighted by Crippen LogP contribution is -2.38. The second kappa shape index (κ2) is 13.4. The highest BCUT2D eigenvalue weighted by atomic mass is 127. The first-order valence-electron chi connectivity index (χ1n) is 9.01. The van der Waals surface area contributed by atoms with Crippen molar-refractivity contribution in [3.8, 4) is 5.75 Å². The van der Waals surface area contributed by atoms with Crippen LogP contribution in [-0.2, 0) is 17.9 Å². The number of guanidine groups is 1. The number of nitrogens with zero attached hydrogens (tertiary/aromatic N) is 1. The standard InChI is InChI=1S/C21H29N3O2.HI/c1-4-25-16-19-9-7-18(8-10-19)15-24-21(22-3)23-13-14-26-20-11-5-17(2)6-12-20;/h5-12H,4,13-16H2,1-3H3,(H2,22,23,24);1H. The molecule has 0 aliphatic carbocycles. The molecule has 0 atom stereocenters. The summed E-state index contributed by atoms with van der Waals surface area (Å²) in [5, 5.41) is 6.56. The van der Waals surface area contributed by atoms with E-state index in [-0.39, 0.29) is 24.0 Å². The molecule has 0 heterocycles. The van der Waals surface area contributed by atoms with E-state index in [0.29, 0.717) is 26.3 Å². The van der Waals surface area contributed by atoms with Gasteiger partial charge in [-0.05, 0) is 37.1 Å². The van der Waals surface area contributed by atoms with Crippen LogP contribution in [0.1, 0.15) is 23.6 Å². The molecular formula is C21H30IN3O2. The lowest BCUT2D eigenvalue weighted by atomic mass is 10.1. The molecule has 27 heavy (non-hydrogen) atoms. The molecule has 2 aromatic rings. The van der Waals surface area contributed by atoms with Crippen LogP contribution in [0.25, 0.3) is 0 Å². The Morgan fingerprint density at radius 2 is 1.63 bits per heavy atom. The van der Waals surface area contributed by atoms with E-state index >= 15 is 0 Å². The van der Waals surface area contributed by atoms with Crippen LogP contribution in [0.2, 0.25) is 0 Å². The molecule has 148 valence electrons. The Hall–Kier alpha value is -1.80. The second-order valence-corrected chi connectivity index (χ2v) is 5.97. The van der Waals surface area contributed by atoms with Crippen molar-refractivity contribution in [3.05, 3.63) is 65.2 Å². The highest BCUT2D eigenvalue weighted by molar-refractivity contribution is 14.0. The zero-order valence-corrected chi connectivity index (χ0v) is 18.7. The maximum Gasteiger partial charge on any atom is 0.191 e. The van der Waals surface area contributed by atoms with Gasteiger partial charge in [0.05, 0.1) is 13.2 Å². The van der Waals surface area contributed by atoms with Crippen molar-refractivity contribution in [1.82, 2.24) is 10.6 Å². The molecule has 6 heteroatoms. The van der Waals surface area contributed by atoms with Crippen LogP contribution in [-0.4, -0.2) is 32.8 Å². The lowest BCUT2D eigenvalue weighted by molar-refractivity contribution is 0.134. The molecule has 0 amide bonds. The number of rotatable bonds is 9. The number of hydrogen-bond acceptors (Lipinski definition) is 3. The van der Waals surface area contributed by atoms with Crippen LogP contribution in [0.3, 0.4) is 0 Å². The minimum absolute atomic E-state index is 0. The van der Waals surface area contributed by atoms with Crippen LogP contribution in [0.15, 0.2) is 53.5 Å². The van der Waals surface area contributed by atoms with Gasteiger partial charge < -0.3 is 20.1 Å². The molecule has 2 N–H and O–H groups in total. The van der Waals surface area contributed by atoms with Crippen molar-refractivity contribution in [2.75, 3.05) is 26.8 Å². The van der Waals surface area contributed by atoms with Gasteiger partial charge >= 0.3 is 0 Å². The Balaban J connectivity index is 0.00000364. The van der Waals surface area contributed by atoms with Gasteiger partial charge in [-0.2, -0.15) is 0 Å². The van der Waals surface area contributed by atoms with Crippen molar-refractivity contribution in [2.45, 2.75) is 27.0 Å². The minimum atomic E-state index is 0. The summed E-state index contributed by atoms with van der Waals surface area (Å²) in [7, 11) is 1.77. The smallest absolute Gasteiger partial charge is 0.191 e. The molecule has 0 radical (unpaired) electrons. The fourth-order valence-corrected chi connectivity index (χ4v) is 2.35. The van der Waals surface area contributed by atoms with E-state index in [9.17, 15) is 0 Å². The highest BCUT2D eigenvalue weighted by Gasteiger charge is 2.00. The number of ether oxygens (including phenoxy) is 2. The van der Waals surface area contributed by atoms with Gasteiger partial charge in [0.15, 0.2) is 5.96 Å². The minimum Gasteiger partial charge on any atom is -0.492 e. The molecule has 0 aromatic heterocycles. The molecule has 2 rings (SSSR count). The van der Waals surface area contributed by atoms with E-state index in [2.05, 4.69) is 46.8 Å². The molecule has 0 spiro atoms. The molecule has 0 aliphatic rings. The van der Waals surface area contributed by atoms with Crippen molar-refractivity contribution < 1.29 is 9.47 Å². The quantitative estimate of drug-likeness (QED) is 0.246. The van der Waals surface area contributed by atoms with Crippen molar-refractivity contribution in [2.24, 2.45) is 4.99 Å². The summed E-state index contributed by atoms with van der Waals surface area (Å²) in [6.45, 7) is 7.44. The monoisotopic (exact) mass is 483 g/mol. The van der Waals surface area contributed by atoms with Gasteiger partial charge in [0.25, 0.3) is 0 Å². The number of aliphatic imine (C=N–C) groups is 1. The van der Waals surface area contributed by atoms with Gasteiger partial charge in [0, 0.05) is 20.2 Å². The summed E-state index contributed by atoms with van der Waals surface area (Å²) < 4.78 is 11.1. The maximum atomic E-state index is 5.71. The lowest BCUT2D eigenvalue weighted by Gasteiger charge is -2.13. The molecule has 0 unspecified atom stereocenters. The first-order valence-corrected chi connectivity index (χ1v) is 9.01. The fourth-order valence-electron chi connectivity index (χ4n) is 2.35. The van der Waals surface area contributed by atoms with Crippen molar-refractivity contribution in [3.63, 3.8) is 0 Å². The molecule has 0 aliphatic heterocycles. The zero-order valence-electron chi connectivity index (χ0n) is 16.3. The zero-order chi connectivity index (χ0) is 18.6. The average Bonchev–Trinajstić information content (AvgIpc) is 2.68. The largest absolute Gasteiger partial charge is 0.492 e. The molecule has 2 aromatic carbocycles. The van der Waals surface area contributed by atoms with Crippen LogP contribution in [0.4, 0.5) is 0 Å². The number of hydrogen-bond donors (Lipinski definition) is 2. The number of benzene rings is 2. The van der Waals surface area contributed by atoms with Crippen LogP contribution in [0.5, 0.6) is 5.75 Å². The fraction of sp³-hybridized carbons (Fsp3) is 0.381. The van der Waals surface area contributed by atoms with Crippen LogP contribution >= 0.6 is 24.0 Å². The summed E-state index contributed by atoms with van der Waals surface area (Å²) in [6.07, 6.45) is 0. The third-order valence-corrected chi connectivity index (χ3v) is 3.86. The third kappa shape index (κ3) is 9.10. The molecule has 0 bridgehead atoms. The van der Waals surface area contributed by atoms with Gasteiger partial charge in [-0.3, -0.25) is 4.99 Å². The summed E-state index contributed by atoms with van der Waals surface area (Å²) in [6, 6.07) is 16.5. The van der Waals surface area contributed by atoms with Gasteiger partial charge in [0.1, 0.15) is 12.4 Å². The van der Waals surface area contributed by atoms with Crippen molar-refractivity contribution in [1.29, 1.82) is 0 Å². The van der Waals surface area contributed by atoms with Gasteiger partial charge in [0.2, 0.25) is 0 Å². The summed E-state index contributed by atoms with van der Waals surface area (Å²) in [4.78, 5) is 4.24. The van der Waals surface area contributed by atoms with Crippen LogP contribution in [0, 0.1) is 6.92 Å². The Morgan fingerprint density at radius 1 is 0.963 bits per heavy atom. The molecule has 0 fully saturated rings. The van der Waals surface area contributed by atoms with E-state index in [4.69, 9.17) is 9.47 Å². The van der Waals surface area contributed by atoms with Gasteiger partial charge in [-0.15, -0.1) is 24.0 Å². The average molecular weight is 483 g/mol. The van der Waals surface area contributed by atoms with Gasteiger partial charge in [-0.1, -0.05) is 42.0 Å². The summed E-state index contributed by atoms with van der Waals surface area (Å²) in [5.41, 5.74) is 3.61. The first kappa shape index (κ1) is 23.2. The predicted octanol–water partition coefficient (Wildman–Crippen LogP) is 3.89. The number of aryl methyl sites for hydroxylation is 1. The summed E-state index contributed by atoms with van der Waals surface area (Å²) in [5.74, 6) is 1.64. The van der Waals surface area contributed by atoms with E-state index in [1.165, 1.54) is 16.7 Å². The van der Waals surface area contributed by atoms with E-state index in [1.807, 2.05) is 31.2 Å². The highest BCUT2D eigenvalue weighted by Crippen LogP contribution is 2.10. The van der Waals surface area contributed by atoms with Crippen LogP contribution < -0.4 is 15.4 Å². The normalized spacial score (nSPS) is 10.9. The first-order chi connectivity index (χ1) is 12.7. The second-order valence-electron chi connectivity index (χ2n) is 5.97. The SMILES string of the molecule is CCOCc1ccc(CNC(=NC)NCCOc2ccc(C)cc2)cc1.I. The van der Waals surface area contributed by atoms with Gasteiger partial charge in [-0.25, -0.2) is 0 Å². The molecule has 0 saturated carbocycles. The number of nitrogens with one attached hydrogen (secondary N) is 2. The van der Waals surface area contributed by atoms with E-state index in [1.54, 1.807) is 7.05 Å². The molecular weight excluding hydrogens is 453 g/mol.